The lowest BCUT2D eigenvalue weighted by Crippen LogP contribution is -2.46. The van der Waals surface area contributed by atoms with E-state index in [4.69, 9.17) is 23.8 Å². The van der Waals surface area contributed by atoms with Crippen LogP contribution in [0.5, 0.6) is 0 Å². The zero-order valence-electron chi connectivity index (χ0n) is 16.4. The summed E-state index contributed by atoms with van der Waals surface area (Å²) in [6.07, 6.45) is 0. The van der Waals surface area contributed by atoms with Crippen molar-refractivity contribution in [1.29, 1.82) is 0 Å². The maximum atomic E-state index is 12.4. The summed E-state index contributed by atoms with van der Waals surface area (Å²) in [6, 6.07) is 11.2. The van der Waals surface area contributed by atoms with Gasteiger partial charge in [0.2, 0.25) is 0 Å². The predicted molar refractivity (Wildman–Crippen MR) is 123 cm³/mol. The molecular formula is C20H22ClN5O3S. The summed E-state index contributed by atoms with van der Waals surface area (Å²) in [5.41, 5.74) is 1.22. The van der Waals surface area contributed by atoms with Crippen molar-refractivity contribution in [2.45, 2.75) is 6.92 Å². The van der Waals surface area contributed by atoms with E-state index < -0.39 is 10.8 Å². The second kappa shape index (κ2) is 9.84. The van der Waals surface area contributed by atoms with Crippen molar-refractivity contribution in [3.05, 3.63) is 63.2 Å². The Bertz CT molecular complexity index is 963. The number of anilines is 2. The molecule has 30 heavy (non-hydrogen) atoms. The Kier molecular flexibility index (Phi) is 7.20. The van der Waals surface area contributed by atoms with Crippen molar-refractivity contribution in [1.82, 2.24) is 10.2 Å². The summed E-state index contributed by atoms with van der Waals surface area (Å²) in [4.78, 5) is 27.5. The monoisotopic (exact) mass is 447 g/mol. The Labute approximate surface area is 184 Å². The van der Waals surface area contributed by atoms with E-state index in [1.807, 2.05) is 12.1 Å². The maximum Gasteiger partial charge on any atom is 0.282 e. The zero-order chi connectivity index (χ0) is 21.7. The molecule has 158 valence electrons. The van der Waals surface area contributed by atoms with Gasteiger partial charge < -0.3 is 15.1 Å². The topological polar surface area (TPSA) is 90.8 Å². The number of piperazine rings is 1. The third-order valence-corrected chi connectivity index (χ3v) is 5.45. The molecule has 0 radical (unpaired) electrons. The molecule has 1 saturated heterocycles. The molecule has 1 aliphatic rings. The molecule has 3 rings (SSSR count). The van der Waals surface area contributed by atoms with Crippen molar-refractivity contribution >= 4 is 51.9 Å². The summed E-state index contributed by atoms with van der Waals surface area (Å²) >= 11 is 11.6. The van der Waals surface area contributed by atoms with E-state index in [1.54, 1.807) is 12.1 Å². The first-order chi connectivity index (χ1) is 14.4. The molecule has 1 heterocycles. The number of benzene rings is 2. The van der Waals surface area contributed by atoms with Crippen molar-refractivity contribution in [3.8, 4) is 0 Å². The highest BCUT2D eigenvalue weighted by Gasteiger charge is 2.21. The van der Waals surface area contributed by atoms with Gasteiger partial charge in [0.1, 0.15) is 5.56 Å². The molecule has 8 nitrogen and oxygen atoms in total. The quantitative estimate of drug-likeness (QED) is 0.411. The summed E-state index contributed by atoms with van der Waals surface area (Å²) in [6.45, 7) is 7.00. The average Bonchev–Trinajstić information content (AvgIpc) is 2.74. The fraction of sp³-hybridized carbons (Fsp3) is 0.300. The van der Waals surface area contributed by atoms with E-state index in [0.717, 1.165) is 38.4 Å². The number of halogens is 1. The van der Waals surface area contributed by atoms with Crippen LogP contribution in [0.3, 0.4) is 0 Å². The molecule has 0 aromatic heterocycles. The Hall–Kier alpha value is -2.75. The maximum absolute atomic E-state index is 12.4. The minimum Gasteiger partial charge on any atom is -0.368 e. The molecule has 0 unspecified atom stereocenters. The minimum atomic E-state index is -0.656. The third kappa shape index (κ3) is 5.24. The smallest absolute Gasteiger partial charge is 0.282 e. The van der Waals surface area contributed by atoms with Crippen LogP contribution in [0.2, 0.25) is 5.02 Å². The van der Waals surface area contributed by atoms with Crippen LogP contribution in [0.4, 0.5) is 17.1 Å². The number of nitrogens with one attached hydrogen (secondary N) is 2. The van der Waals surface area contributed by atoms with Crippen molar-refractivity contribution in [2.24, 2.45) is 0 Å². The van der Waals surface area contributed by atoms with Crippen molar-refractivity contribution in [2.75, 3.05) is 42.9 Å². The number of likely N-dealkylation sites (N-methyl/N-ethyl adjacent to an activating group) is 1. The van der Waals surface area contributed by atoms with Gasteiger partial charge in [-0.15, -0.1) is 0 Å². The molecule has 10 heteroatoms. The van der Waals surface area contributed by atoms with Gasteiger partial charge in [0.15, 0.2) is 5.11 Å². The Balaban J connectivity index is 1.63. The third-order valence-electron chi connectivity index (χ3n) is 4.94. The molecule has 0 saturated carbocycles. The summed E-state index contributed by atoms with van der Waals surface area (Å²) in [5, 5.41) is 17.1. The first-order valence-corrected chi connectivity index (χ1v) is 10.3. The lowest BCUT2D eigenvalue weighted by atomic mass is 10.1. The van der Waals surface area contributed by atoms with Gasteiger partial charge in [-0.2, -0.15) is 0 Å². The standard InChI is InChI=1S/C20H22ClN5O3S/c1-2-24-9-11-25(12-10-24)18-8-7-14(13-16(18)21)22-20(30)23-19(27)15-5-3-4-6-17(15)26(28)29/h3-8,13H,2,9-12H2,1H3,(H2,22,23,27,30). The molecule has 1 fully saturated rings. The number of nitrogens with zero attached hydrogens (tertiary/aromatic N) is 3. The van der Waals surface area contributed by atoms with E-state index in [2.05, 4.69) is 27.4 Å². The molecular weight excluding hydrogens is 426 g/mol. The molecule has 0 spiro atoms. The Morgan fingerprint density at radius 1 is 1.20 bits per heavy atom. The summed E-state index contributed by atoms with van der Waals surface area (Å²) in [5.74, 6) is -0.656. The fourth-order valence-corrected chi connectivity index (χ4v) is 3.81. The van der Waals surface area contributed by atoms with E-state index in [9.17, 15) is 14.9 Å². The van der Waals surface area contributed by atoms with Gasteiger partial charge in [0, 0.05) is 37.9 Å². The van der Waals surface area contributed by atoms with Gasteiger partial charge in [0.05, 0.1) is 15.6 Å². The molecule has 0 aliphatic carbocycles. The molecule has 1 amide bonds. The minimum absolute atomic E-state index is 0.0264. The number of hydrogen-bond acceptors (Lipinski definition) is 6. The zero-order valence-corrected chi connectivity index (χ0v) is 18.0. The van der Waals surface area contributed by atoms with Crippen LogP contribution < -0.4 is 15.5 Å². The molecule has 2 N–H and O–H groups in total. The number of amides is 1. The first-order valence-electron chi connectivity index (χ1n) is 9.51. The van der Waals surface area contributed by atoms with E-state index in [0.29, 0.717) is 10.7 Å². The van der Waals surface area contributed by atoms with Crippen molar-refractivity contribution in [3.63, 3.8) is 0 Å². The predicted octanol–water partition coefficient (Wildman–Crippen LogP) is 3.52. The van der Waals surface area contributed by atoms with Gasteiger partial charge >= 0.3 is 0 Å². The van der Waals surface area contributed by atoms with Gasteiger partial charge in [0.25, 0.3) is 11.6 Å². The number of nitro benzene ring substituents is 1. The van der Waals surface area contributed by atoms with Crippen LogP contribution in [0, 0.1) is 10.1 Å². The number of carbonyl (C=O) groups is 1. The van der Waals surface area contributed by atoms with Crippen LogP contribution in [-0.2, 0) is 0 Å². The van der Waals surface area contributed by atoms with Gasteiger partial charge in [-0.1, -0.05) is 30.7 Å². The van der Waals surface area contributed by atoms with Gasteiger partial charge in [-0.25, -0.2) is 0 Å². The second-order valence-electron chi connectivity index (χ2n) is 6.77. The number of thiocarbonyl (C=S) groups is 1. The lowest BCUT2D eigenvalue weighted by molar-refractivity contribution is -0.385. The molecule has 2 aromatic carbocycles. The van der Waals surface area contributed by atoms with Crippen molar-refractivity contribution < 1.29 is 9.72 Å². The molecule has 0 atom stereocenters. The molecule has 1 aliphatic heterocycles. The number of carbonyl (C=O) groups excluding carboxylic acids is 1. The number of nitro groups is 1. The fourth-order valence-electron chi connectivity index (χ4n) is 3.30. The van der Waals surface area contributed by atoms with Crippen LogP contribution in [0.25, 0.3) is 0 Å². The Morgan fingerprint density at radius 3 is 2.53 bits per heavy atom. The van der Waals surface area contributed by atoms with Crippen LogP contribution in [0.15, 0.2) is 42.5 Å². The summed E-state index contributed by atoms with van der Waals surface area (Å²) in [7, 11) is 0. The average molecular weight is 448 g/mol. The van der Waals surface area contributed by atoms with Crippen LogP contribution in [0.1, 0.15) is 17.3 Å². The highest BCUT2D eigenvalue weighted by Crippen LogP contribution is 2.29. The highest BCUT2D eigenvalue weighted by molar-refractivity contribution is 7.80. The SMILES string of the molecule is CCN1CCN(c2ccc(NC(=S)NC(=O)c3ccccc3[N+](=O)[O-])cc2Cl)CC1. The second-order valence-corrected chi connectivity index (χ2v) is 7.59. The number of hydrogen-bond donors (Lipinski definition) is 2. The van der Waals surface area contributed by atoms with Gasteiger partial charge in [-0.05, 0) is 43.0 Å². The van der Waals surface area contributed by atoms with Gasteiger partial charge in [-0.3, -0.25) is 20.2 Å². The molecule has 0 bridgehead atoms. The lowest BCUT2D eigenvalue weighted by Gasteiger charge is -2.36. The summed E-state index contributed by atoms with van der Waals surface area (Å²) < 4.78 is 0. The van der Waals surface area contributed by atoms with E-state index in [-0.39, 0.29) is 16.4 Å². The first kappa shape index (κ1) is 21.9. The van der Waals surface area contributed by atoms with E-state index in [1.165, 1.54) is 18.2 Å². The normalized spacial score (nSPS) is 14.3. The largest absolute Gasteiger partial charge is 0.368 e. The number of para-hydroxylation sites is 1. The Morgan fingerprint density at radius 2 is 1.90 bits per heavy atom. The van der Waals surface area contributed by atoms with Crippen LogP contribution in [-0.4, -0.2) is 53.6 Å². The van der Waals surface area contributed by atoms with Crippen LogP contribution >= 0.6 is 23.8 Å². The van der Waals surface area contributed by atoms with E-state index >= 15 is 0 Å². The highest BCUT2D eigenvalue weighted by atomic mass is 35.5. The molecule has 2 aromatic rings. The number of rotatable bonds is 5.